The monoisotopic (exact) mass is 388 g/mol. The van der Waals surface area contributed by atoms with Gasteiger partial charge in [-0.3, -0.25) is 4.79 Å². The second-order valence-electron chi connectivity index (χ2n) is 6.61. The largest absolute Gasteiger partial charge is 0.497 e. The van der Waals surface area contributed by atoms with Crippen molar-refractivity contribution in [3.05, 3.63) is 54.6 Å². The molecule has 0 radical (unpaired) electrons. The Balaban J connectivity index is 1.75. The maximum atomic E-state index is 13.0. The number of carbonyl (C=O) groups is 1. The van der Waals surface area contributed by atoms with E-state index in [2.05, 4.69) is 0 Å². The molecule has 2 aromatic carbocycles. The molecule has 0 N–H and O–H groups in total. The summed E-state index contributed by atoms with van der Waals surface area (Å²) in [5.74, 6) is 0.193. The molecule has 144 valence electrons. The van der Waals surface area contributed by atoms with Crippen LogP contribution in [0.5, 0.6) is 5.75 Å². The van der Waals surface area contributed by atoms with E-state index >= 15 is 0 Å². The van der Waals surface area contributed by atoms with E-state index in [1.807, 2.05) is 30.3 Å². The van der Waals surface area contributed by atoms with E-state index in [0.29, 0.717) is 25.1 Å². The number of carbonyl (C=O) groups excluding carboxylic acids is 1. The molecule has 27 heavy (non-hydrogen) atoms. The summed E-state index contributed by atoms with van der Waals surface area (Å²) in [6.45, 7) is 0.623. The first-order chi connectivity index (χ1) is 12.9. The van der Waals surface area contributed by atoms with Gasteiger partial charge in [-0.25, -0.2) is 8.42 Å². The average molecular weight is 388 g/mol. The fourth-order valence-corrected chi connectivity index (χ4v) is 4.84. The van der Waals surface area contributed by atoms with Gasteiger partial charge in [-0.1, -0.05) is 18.2 Å². The van der Waals surface area contributed by atoms with Crippen LogP contribution in [0.25, 0.3) is 0 Å². The summed E-state index contributed by atoms with van der Waals surface area (Å²) in [5.41, 5.74) is 0.803. The number of piperidine rings is 1. The van der Waals surface area contributed by atoms with Gasteiger partial charge in [0.1, 0.15) is 5.75 Å². The molecule has 0 aromatic heterocycles. The third-order valence-corrected chi connectivity index (χ3v) is 6.78. The molecule has 1 amide bonds. The standard InChI is InChI=1S/C20H24N2O4S/c1-21(17-8-4-3-5-9-17)20(23)16-7-6-14-22(15-16)27(24,25)19-12-10-18(26-2)11-13-19/h3-5,8-13,16H,6-7,14-15H2,1-2H3/t16-/m0/s1. The van der Waals surface area contributed by atoms with Crippen LogP contribution in [-0.2, 0) is 14.8 Å². The fourth-order valence-electron chi connectivity index (χ4n) is 3.31. The van der Waals surface area contributed by atoms with E-state index < -0.39 is 10.0 Å². The van der Waals surface area contributed by atoms with Crippen molar-refractivity contribution in [1.82, 2.24) is 4.31 Å². The molecule has 1 aliphatic heterocycles. The second-order valence-corrected chi connectivity index (χ2v) is 8.55. The normalized spacial score (nSPS) is 18.1. The lowest BCUT2D eigenvalue weighted by atomic mass is 9.98. The topological polar surface area (TPSA) is 66.9 Å². The summed E-state index contributed by atoms with van der Waals surface area (Å²) < 4.78 is 32.4. The quantitative estimate of drug-likeness (QED) is 0.790. The molecule has 6 nitrogen and oxygen atoms in total. The van der Waals surface area contributed by atoms with Crippen LogP contribution in [-0.4, -0.2) is 45.9 Å². The molecule has 7 heteroatoms. The summed E-state index contributed by atoms with van der Waals surface area (Å²) in [6, 6.07) is 15.7. The molecule has 0 saturated carbocycles. The van der Waals surface area contributed by atoms with Gasteiger partial charge in [0.15, 0.2) is 0 Å². The van der Waals surface area contributed by atoms with Gasteiger partial charge >= 0.3 is 0 Å². The third-order valence-electron chi connectivity index (χ3n) is 4.90. The first kappa shape index (κ1) is 19.4. The highest BCUT2D eigenvalue weighted by Gasteiger charge is 2.34. The van der Waals surface area contributed by atoms with Crippen LogP contribution < -0.4 is 9.64 Å². The lowest BCUT2D eigenvalue weighted by molar-refractivity contribution is -0.123. The molecule has 1 aliphatic rings. The summed E-state index contributed by atoms with van der Waals surface area (Å²) in [7, 11) is -0.371. The number of ether oxygens (including phenoxy) is 1. The van der Waals surface area contributed by atoms with Gasteiger partial charge in [-0.2, -0.15) is 4.31 Å². The number of rotatable bonds is 5. The van der Waals surface area contributed by atoms with E-state index in [0.717, 1.165) is 5.69 Å². The van der Waals surface area contributed by atoms with Crippen molar-refractivity contribution >= 4 is 21.6 Å². The summed E-state index contributed by atoms with van der Waals surface area (Å²) in [6.07, 6.45) is 1.35. The van der Waals surface area contributed by atoms with Crippen LogP contribution in [0, 0.1) is 5.92 Å². The van der Waals surface area contributed by atoms with Gasteiger partial charge in [0.25, 0.3) is 0 Å². The van der Waals surface area contributed by atoms with E-state index in [9.17, 15) is 13.2 Å². The number of amides is 1. The first-order valence-electron chi connectivity index (χ1n) is 8.90. The molecule has 1 atom stereocenters. The van der Waals surface area contributed by atoms with Crippen LogP contribution in [0.15, 0.2) is 59.5 Å². The Morgan fingerprint density at radius 1 is 1.11 bits per heavy atom. The number of sulfonamides is 1. The smallest absolute Gasteiger partial charge is 0.243 e. The van der Waals surface area contributed by atoms with Crippen LogP contribution in [0.4, 0.5) is 5.69 Å². The number of nitrogens with zero attached hydrogens (tertiary/aromatic N) is 2. The lowest BCUT2D eigenvalue weighted by Crippen LogP contribution is -2.45. The van der Waals surface area contributed by atoms with Crippen molar-refractivity contribution in [3.63, 3.8) is 0 Å². The van der Waals surface area contributed by atoms with E-state index in [1.165, 1.54) is 23.5 Å². The van der Waals surface area contributed by atoms with Gasteiger partial charge in [0.2, 0.25) is 15.9 Å². The highest BCUT2D eigenvalue weighted by atomic mass is 32.2. The van der Waals surface area contributed by atoms with Gasteiger partial charge in [0, 0.05) is 25.8 Å². The SMILES string of the molecule is COc1ccc(S(=O)(=O)N2CCC[C@H](C(=O)N(C)c3ccccc3)C2)cc1. The highest BCUT2D eigenvalue weighted by molar-refractivity contribution is 7.89. The highest BCUT2D eigenvalue weighted by Crippen LogP contribution is 2.27. The Bertz CT molecular complexity index is 882. The zero-order valence-electron chi connectivity index (χ0n) is 15.5. The molecule has 2 aromatic rings. The molecule has 3 rings (SSSR count). The molecule has 0 aliphatic carbocycles. The van der Waals surface area contributed by atoms with Crippen LogP contribution in [0.3, 0.4) is 0 Å². The minimum Gasteiger partial charge on any atom is -0.497 e. The van der Waals surface area contributed by atoms with E-state index in [1.54, 1.807) is 24.1 Å². The zero-order chi connectivity index (χ0) is 19.4. The molecular formula is C20H24N2O4S. The fraction of sp³-hybridized carbons (Fsp3) is 0.350. The Hall–Kier alpha value is -2.38. The second kappa shape index (κ2) is 8.10. The van der Waals surface area contributed by atoms with Crippen LogP contribution in [0.1, 0.15) is 12.8 Å². The maximum absolute atomic E-state index is 13.0. The Kier molecular flexibility index (Phi) is 5.82. The van der Waals surface area contributed by atoms with Crippen LogP contribution in [0.2, 0.25) is 0 Å². The van der Waals surface area contributed by atoms with Gasteiger partial charge in [-0.15, -0.1) is 0 Å². The molecular weight excluding hydrogens is 364 g/mol. The minimum absolute atomic E-state index is 0.0594. The van der Waals surface area contributed by atoms with Crippen molar-refractivity contribution in [2.45, 2.75) is 17.7 Å². The molecule has 0 unspecified atom stereocenters. The van der Waals surface area contributed by atoms with Crippen molar-refractivity contribution in [2.75, 3.05) is 32.1 Å². The van der Waals surface area contributed by atoms with Crippen molar-refractivity contribution < 1.29 is 17.9 Å². The van der Waals surface area contributed by atoms with E-state index in [-0.39, 0.29) is 23.3 Å². The number of hydrogen-bond donors (Lipinski definition) is 0. The average Bonchev–Trinajstić information content (AvgIpc) is 2.73. The number of para-hydroxylation sites is 1. The van der Waals surface area contributed by atoms with E-state index in [4.69, 9.17) is 4.74 Å². The van der Waals surface area contributed by atoms with Gasteiger partial charge in [0.05, 0.1) is 17.9 Å². The Morgan fingerprint density at radius 3 is 2.41 bits per heavy atom. The number of anilines is 1. The maximum Gasteiger partial charge on any atom is 0.243 e. The number of benzene rings is 2. The summed E-state index contributed by atoms with van der Waals surface area (Å²) in [4.78, 5) is 14.7. The summed E-state index contributed by atoms with van der Waals surface area (Å²) in [5, 5.41) is 0. The van der Waals surface area contributed by atoms with Crippen molar-refractivity contribution in [1.29, 1.82) is 0 Å². The Labute approximate surface area is 160 Å². The van der Waals surface area contributed by atoms with Gasteiger partial charge in [-0.05, 0) is 49.2 Å². The molecule has 1 heterocycles. The molecule has 1 fully saturated rings. The molecule has 0 spiro atoms. The predicted octanol–water partition coefficient (Wildman–Crippen LogP) is 2.76. The minimum atomic E-state index is -3.64. The predicted molar refractivity (Wildman–Crippen MR) is 104 cm³/mol. The van der Waals surface area contributed by atoms with Crippen LogP contribution >= 0.6 is 0 Å². The van der Waals surface area contributed by atoms with Gasteiger partial charge < -0.3 is 9.64 Å². The summed E-state index contributed by atoms with van der Waals surface area (Å²) >= 11 is 0. The Morgan fingerprint density at radius 2 is 1.78 bits per heavy atom. The number of hydrogen-bond acceptors (Lipinski definition) is 4. The molecule has 0 bridgehead atoms. The van der Waals surface area contributed by atoms with Crippen molar-refractivity contribution in [3.8, 4) is 5.75 Å². The third kappa shape index (κ3) is 4.14. The zero-order valence-corrected chi connectivity index (χ0v) is 16.4. The molecule has 1 saturated heterocycles. The lowest BCUT2D eigenvalue weighted by Gasteiger charge is -2.33. The first-order valence-corrected chi connectivity index (χ1v) is 10.3. The van der Waals surface area contributed by atoms with Crippen molar-refractivity contribution in [2.24, 2.45) is 5.92 Å². The number of methoxy groups -OCH3 is 1.